The van der Waals surface area contributed by atoms with Gasteiger partial charge in [0.1, 0.15) is 12.4 Å². The second-order valence-corrected chi connectivity index (χ2v) is 7.15. The van der Waals surface area contributed by atoms with Gasteiger partial charge in [-0.2, -0.15) is 0 Å². The van der Waals surface area contributed by atoms with Crippen LogP contribution in [0.3, 0.4) is 0 Å². The van der Waals surface area contributed by atoms with Crippen molar-refractivity contribution >= 4 is 11.9 Å². The summed E-state index contributed by atoms with van der Waals surface area (Å²) < 4.78 is 18.8. The summed E-state index contributed by atoms with van der Waals surface area (Å²) in [5.74, 6) is 0.318. The minimum absolute atomic E-state index is 0.0632. The van der Waals surface area contributed by atoms with Crippen LogP contribution in [-0.2, 0) is 16.1 Å². The van der Waals surface area contributed by atoms with Crippen LogP contribution < -0.4 is 5.32 Å². The van der Waals surface area contributed by atoms with Gasteiger partial charge < -0.3 is 19.9 Å². The molecule has 0 radical (unpaired) electrons. The summed E-state index contributed by atoms with van der Waals surface area (Å²) in [5.41, 5.74) is 0.851. The molecular weight excluding hydrogens is 361 g/mol. The largest absolute Gasteiger partial charge is 0.379 e. The van der Waals surface area contributed by atoms with Gasteiger partial charge in [-0.3, -0.25) is 9.69 Å². The number of guanidine groups is 1. The van der Waals surface area contributed by atoms with Gasteiger partial charge in [0.15, 0.2) is 5.96 Å². The van der Waals surface area contributed by atoms with Gasteiger partial charge in [0, 0.05) is 47.3 Å². The molecule has 1 aromatic carbocycles. The fraction of sp³-hybridized carbons (Fsp3) is 0.600. The van der Waals surface area contributed by atoms with E-state index in [1.807, 2.05) is 18.0 Å². The molecule has 0 bridgehead atoms. The Balaban J connectivity index is 1.91. The number of likely N-dealkylation sites (N-methyl/N-ethyl adjacent to an activating group) is 1. The molecule has 28 heavy (non-hydrogen) atoms. The van der Waals surface area contributed by atoms with Gasteiger partial charge in [0.2, 0.25) is 5.91 Å². The summed E-state index contributed by atoms with van der Waals surface area (Å²) in [6, 6.07) is 6.51. The molecule has 1 saturated heterocycles. The first-order chi connectivity index (χ1) is 13.5. The lowest BCUT2D eigenvalue weighted by Gasteiger charge is -2.27. The molecule has 0 saturated carbocycles. The molecule has 0 atom stereocenters. The van der Waals surface area contributed by atoms with Crippen molar-refractivity contribution in [3.05, 3.63) is 35.6 Å². The molecule has 1 aliphatic rings. The van der Waals surface area contributed by atoms with Crippen molar-refractivity contribution in [2.45, 2.75) is 13.0 Å². The van der Waals surface area contributed by atoms with Crippen LogP contribution in [0.1, 0.15) is 12.0 Å². The Morgan fingerprint density at radius 3 is 2.71 bits per heavy atom. The summed E-state index contributed by atoms with van der Waals surface area (Å²) in [6.45, 7) is 5.85. The van der Waals surface area contributed by atoms with Crippen molar-refractivity contribution < 1.29 is 13.9 Å². The first-order valence-corrected chi connectivity index (χ1v) is 9.70. The van der Waals surface area contributed by atoms with Crippen LogP contribution in [0.5, 0.6) is 0 Å². The second-order valence-electron chi connectivity index (χ2n) is 7.15. The molecule has 1 fully saturated rings. The monoisotopic (exact) mass is 393 g/mol. The molecule has 1 heterocycles. The van der Waals surface area contributed by atoms with E-state index >= 15 is 0 Å². The average molecular weight is 394 g/mol. The number of carbonyl (C=O) groups excluding carboxylic acids is 1. The smallest absolute Gasteiger partial charge is 0.243 e. The van der Waals surface area contributed by atoms with Gasteiger partial charge in [-0.05, 0) is 30.7 Å². The Kier molecular flexibility index (Phi) is 9.16. The highest BCUT2D eigenvalue weighted by Crippen LogP contribution is 2.06. The number of halogens is 1. The maximum Gasteiger partial charge on any atom is 0.243 e. The van der Waals surface area contributed by atoms with E-state index in [4.69, 9.17) is 4.74 Å². The van der Waals surface area contributed by atoms with E-state index < -0.39 is 0 Å². The third kappa shape index (κ3) is 7.82. The van der Waals surface area contributed by atoms with Crippen molar-refractivity contribution in [2.24, 2.45) is 4.99 Å². The summed E-state index contributed by atoms with van der Waals surface area (Å²) in [4.78, 5) is 22.2. The van der Waals surface area contributed by atoms with Crippen molar-refractivity contribution in [2.75, 3.05) is 67.1 Å². The Morgan fingerprint density at radius 1 is 1.29 bits per heavy atom. The molecule has 0 aliphatic carbocycles. The van der Waals surface area contributed by atoms with Gasteiger partial charge >= 0.3 is 0 Å². The zero-order chi connectivity index (χ0) is 20.4. The fourth-order valence-electron chi connectivity index (χ4n) is 2.91. The van der Waals surface area contributed by atoms with E-state index in [0.717, 1.165) is 51.4 Å². The SMILES string of the molecule is CN(C)C(=O)CN=C(NCCCN1CCOCC1)N(C)Cc1cccc(F)c1. The summed E-state index contributed by atoms with van der Waals surface area (Å²) in [5, 5.41) is 3.34. The standard InChI is InChI=1S/C20H32FN5O2/c1-24(2)19(27)15-23-20(22-8-5-9-26-10-12-28-13-11-26)25(3)16-17-6-4-7-18(21)14-17/h4,6-7,14H,5,8-13,15-16H2,1-3H3,(H,22,23). The lowest BCUT2D eigenvalue weighted by molar-refractivity contribution is -0.127. The van der Waals surface area contributed by atoms with Gasteiger partial charge in [-0.1, -0.05) is 12.1 Å². The number of ether oxygens (including phenoxy) is 1. The Labute approximate surface area is 167 Å². The lowest BCUT2D eigenvalue weighted by atomic mass is 10.2. The van der Waals surface area contributed by atoms with Crippen LogP contribution in [0.2, 0.25) is 0 Å². The first-order valence-electron chi connectivity index (χ1n) is 9.70. The normalized spacial score (nSPS) is 15.4. The molecule has 2 rings (SSSR count). The molecule has 7 nitrogen and oxygen atoms in total. The molecule has 0 unspecified atom stereocenters. The summed E-state index contributed by atoms with van der Waals surface area (Å²) in [6.07, 6.45) is 0.967. The zero-order valence-electron chi connectivity index (χ0n) is 17.2. The minimum atomic E-state index is -0.259. The number of carbonyl (C=O) groups is 1. The number of nitrogens with zero attached hydrogens (tertiary/aromatic N) is 4. The van der Waals surface area contributed by atoms with E-state index in [1.165, 1.54) is 17.0 Å². The highest BCUT2D eigenvalue weighted by atomic mass is 19.1. The van der Waals surface area contributed by atoms with Crippen molar-refractivity contribution in [3.8, 4) is 0 Å². The molecule has 0 spiro atoms. The quantitative estimate of drug-likeness (QED) is 0.406. The van der Waals surface area contributed by atoms with Crippen molar-refractivity contribution in [1.29, 1.82) is 0 Å². The van der Waals surface area contributed by atoms with Crippen LogP contribution in [0.4, 0.5) is 4.39 Å². The molecule has 1 amide bonds. The molecule has 8 heteroatoms. The van der Waals surface area contributed by atoms with Crippen molar-refractivity contribution in [3.63, 3.8) is 0 Å². The number of nitrogens with one attached hydrogen (secondary N) is 1. The maximum atomic E-state index is 13.5. The maximum absolute atomic E-state index is 13.5. The third-order valence-corrected chi connectivity index (χ3v) is 4.57. The summed E-state index contributed by atoms with van der Waals surface area (Å²) in [7, 11) is 5.31. The number of amides is 1. The van der Waals surface area contributed by atoms with E-state index in [1.54, 1.807) is 20.2 Å². The topological polar surface area (TPSA) is 60.4 Å². The van der Waals surface area contributed by atoms with Gasteiger partial charge in [0.25, 0.3) is 0 Å². The average Bonchev–Trinajstić information content (AvgIpc) is 2.67. The fourth-order valence-corrected chi connectivity index (χ4v) is 2.91. The zero-order valence-corrected chi connectivity index (χ0v) is 17.2. The Morgan fingerprint density at radius 2 is 2.04 bits per heavy atom. The molecule has 1 aromatic rings. The van der Waals surface area contributed by atoms with Crippen LogP contribution in [0, 0.1) is 5.82 Å². The second kappa shape index (κ2) is 11.6. The predicted octanol–water partition coefficient (Wildman–Crippen LogP) is 1.01. The van der Waals surface area contributed by atoms with Crippen LogP contribution in [0.15, 0.2) is 29.3 Å². The molecule has 156 valence electrons. The number of benzene rings is 1. The van der Waals surface area contributed by atoms with Gasteiger partial charge in [0.05, 0.1) is 13.2 Å². The molecule has 1 aliphatic heterocycles. The highest BCUT2D eigenvalue weighted by Gasteiger charge is 2.12. The number of rotatable bonds is 8. The molecule has 1 N–H and O–H groups in total. The van der Waals surface area contributed by atoms with Crippen LogP contribution in [-0.4, -0.2) is 93.6 Å². The Bertz CT molecular complexity index is 647. The minimum Gasteiger partial charge on any atom is -0.379 e. The lowest BCUT2D eigenvalue weighted by Crippen LogP contribution is -2.42. The number of aliphatic imine (C=N–C) groups is 1. The highest BCUT2D eigenvalue weighted by molar-refractivity contribution is 5.84. The molecule has 0 aromatic heterocycles. The first kappa shape index (κ1) is 22.1. The summed E-state index contributed by atoms with van der Waals surface area (Å²) >= 11 is 0. The van der Waals surface area contributed by atoms with E-state index in [-0.39, 0.29) is 18.3 Å². The van der Waals surface area contributed by atoms with Crippen molar-refractivity contribution in [1.82, 2.24) is 20.0 Å². The van der Waals surface area contributed by atoms with E-state index in [9.17, 15) is 9.18 Å². The van der Waals surface area contributed by atoms with E-state index in [0.29, 0.717) is 12.5 Å². The van der Waals surface area contributed by atoms with Crippen LogP contribution in [0.25, 0.3) is 0 Å². The third-order valence-electron chi connectivity index (χ3n) is 4.57. The number of hydrogen-bond acceptors (Lipinski definition) is 4. The number of morpholine rings is 1. The van der Waals surface area contributed by atoms with E-state index in [2.05, 4.69) is 15.2 Å². The number of hydrogen-bond donors (Lipinski definition) is 1. The van der Waals surface area contributed by atoms with Gasteiger partial charge in [-0.25, -0.2) is 9.38 Å². The van der Waals surface area contributed by atoms with Crippen LogP contribution >= 0.6 is 0 Å². The molecular formula is C20H32FN5O2. The Hall–Kier alpha value is -2.19. The predicted molar refractivity (Wildman–Crippen MR) is 109 cm³/mol. The van der Waals surface area contributed by atoms with Gasteiger partial charge in [-0.15, -0.1) is 0 Å².